The summed E-state index contributed by atoms with van der Waals surface area (Å²) in [5, 5.41) is 0. The van der Waals surface area contributed by atoms with Gasteiger partial charge in [-0.1, -0.05) is 0 Å². The van der Waals surface area contributed by atoms with Gasteiger partial charge in [0.05, 0.1) is 34.5 Å². The van der Waals surface area contributed by atoms with Gasteiger partial charge in [-0.15, -0.1) is 11.6 Å². The molecule has 2 aromatic rings. The average molecular weight is 411 g/mol. The van der Waals surface area contributed by atoms with Crippen LogP contribution in [0.3, 0.4) is 0 Å². The Morgan fingerprint density at radius 2 is 2.26 bits per heavy atom. The van der Waals surface area contributed by atoms with Crippen LogP contribution < -0.4 is 0 Å². The van der Waals surface area contributed by atoms with E-state index in [1.165, 1.54) is 0 Å². The molecule has 2 heterocycles. The van der Waals surface area contributed by atoms with Gasteiger partial charge >= 0.3 is 0 Å². The number of benzene rings is 1. The lowest BCUT2D eigenvalue weighted by Crippen LogP contribution is -2.13. The Kier molecular flexibility index (Phi) is 3.51. The highest BCUT2D eigenvalue weighted by Crippen LogP contribution is 2.30. The van der Waals surface area contributed by atoms with Gasteiger partial charge in [0.1, 0.15) is 5.82 Å². The molecule has 7 heteroatoms. The van der Waals surface area contributed by atoms with Crippen LogP contribution in [0.1, 0.15) is 18.3 Å². The van der Waals surface area contributed by atoms with Crippen LogP contribution in [0.4, 0.5) is 0 Å². The fourth-order valence-electron chi connectivity index (χ4n) is 2.60. The second-order valence-electron chi connectivity index (χ2n) is 4.72. The average Bonchev–Trinajstić information content (AvgIpc) is 2.88. The molecule has 1 atom stereocenters. The fraction of sp³-hybridized carbons (Fsp3) is 0.417. The van der Waals surface area contributed by atoms with E-state index in [1.54, 1.807) is 0 Å². The highest BCUT2D eigenvalue weighted by atomic mass is 127. The predicted molar refractivity (Wildman–Crippen MR) is 84.3 cm³/mol. The standard InChI is InChI=1S/C12H12ClIN2O2S/c13-6-12-15-10-5-8(14)1-2-11(10)16(12)9-3-4-19(17,18)7-9/h1-2,5,9H,3-4,6-7H2. The summed E-state index contributed by atoms with van der Waals surface area (Å²) < 4.78 is 26.4. The van der Waals surface area contributed by atoms with Crippen molar-refractivity contribution >= 4 is 55.1 Å². The van der Waals surface area contributed by atoms with E-state index in [0.29, 0.717) is 12.3 Å². The quantitative estimate of drug-likeness (QED) is 0.565. The summed E-state index contributed by atoms with van der Waals surface area (Å²) in [5.41, 5.74) is 1.85. The summed E-state index contributed by atoms with van der Waals surface area (Å²) in [4.78, 5) is 4.52. The fourth-order valence-corrected chi connectivity index (χ4v) is 4.97. The molecule has 4 nitrogen and oxygen atoms in total. The Bertz CT molecular complexity index is 742. The summed E-state index contributed by atoms with van der Waals surface area (Å²) in [6.07, 6.45) is 0.643. The molecular formula is C12H12ClIN2O2S. The smallest absolute Gasteiger partial charge is 0.152 e. The van der Waals surface area contributed by atoms with Gasteiger partial charge in [-0.05, 0) is 47.2 Å². The van der Waals surface area contributed by atoms with Crippen LogP contribution in [0.25, 0.3) is 11.0 Å². The van der Waals surface area contributed by atoms with E-state index in [9.17, 15) is 8.42 Å². The lowest BCUT2D eigenvalue weighted by atomic mass is 10.2. The number of rotatable bonds is 2. The maximum atomic E-state index is 11.7. The number of alkyl halides is 1. The van der Waals surface area contributed by atoms with Crippen molar-refractivity contribution in [3.8, 4) is 0 Å². The van der Waals surface area contributed by atoms with Crippen molar-refractivity contribution < 1.29 is 8.42 Å². The van der Waals surface area contributed by atoms with Gasteiger partial charge in [0.2, 0.25) is 0 Å². The molecule has 19 heavy (non-hydrogen) atoms. The Morgan fingerprint density at radius 1 is 1.47 bits per heavy atom. The largest absolute Gasteiger partial charge is 0.323 e. The highest BCUT2D eigenvalue weighted by molar-refractivity contribution is 14.1. The number of halogens is 2. The summed E-state index contributed by atoms with van der Waals surface area (Å²) >= 11 is 8.19. The number of nitrogens with zero attached hydrogens (tertiary/aromatic N) is 2. The first-order valence-corrected chi connectivity index (χ1v) is 9.36. The van der Waals surface area contributed by atoms with Crippen molar-refractivity contribution in [1.82, 2.24) is 9.55 Å². The van der Waals surface area contributed by atoms with Crippen LogP contribution >= 0.6 is 34.2 Å². The van der Waals surface area contributed by atoms with E-state index in [0.717, 1.165) is 20.4 Å². The molecule has 0 aliphatic carbocycles. The predicted octanol–water partition coefficient (Wildman–Crippen LogP) is 2.74. The lowest BCUT2D eigenvalue weighted by Gasteiger charge is -2.14. The number of fused-ring (bicyclic) bond motifs is 1. The number of sulfone groups is 1. The molecule has 1 aliphatic rings. The first-order valence-electron chi connectivity index (χ1n) is 5.93. The van der Waals surface area contributed by atoms with E-state index < -0.39 is 9.84 Å². The third-order valence-electron chi connectivity index (χ3n) is 3.42. The normalized spacial score (nSPS) is 22.1. The molecule has 3 rings (SSSR count). The molecule has 1 aliphatic heterocycles. The lowest BCUT2D eigenvalue weighted by molar-refractivity contribution is 0.554. The number of aromatic nitrogens is 2. The Hall–Kier alpha value is -0.340. The van der Waals surface area contributed by atoms with Gasteiger partial charge < -0.3 is 4.57 Å². The van der Waals surface area contributed by atoms with Crippen LogP contribution in [0.5, 0.6) is 0 Å². The molecule has 0 bridgehead atoms. The first-order chi connectivity index (χ1) is 9.00. The van der Waals surface area contributed by atoms with Gasteiger partial charge in [-0.25, -0.2) is 13.4 Å². The molecule has 0 amide bonds. The summed E-state index contributed by atoms with van der Waals surface area (Å²) in [7, 11) is -2.92. The van der Waals surface area contributed by atoms with E-state index >= 15 is 0 Å². The topological polar surface area (TPSA) is 52.0 Å². The number of imidazole rings is 1. The number of hydrogen-bond donors (Lipinski definition) is 0. The number of hydrogen-bond acceptors (Lipinski definition) is 3. The van der Waals surface area contributed by atoms with Gasteiger partial charge in [-0.3, -0.25) is 0 Å². The Labute approximate surface area is 130 Å². The van der Waals surface area contributed by atoms with Crippen LogP contribution in [0.2, 0.25) is 0 Å². The minimum absolute atomic E-state index is 0.0381. The van der Waals surface area contributed by atoms with Crippen LogP contribution in [0.15, 0.2) is 18.2 Å². The van der Waals surface area contributed by atoms with Crippen molar-refractivity contribution in [2.75, 3.05) is 11.5 Å². The SMILES string of the molecule is O=S1(=O)CCC(n2c(CCl)nc3cc(I)ccc32)C1. The van der Waals surface area contributed by atoms with Crippen molar-refractivity contribution in [3.63, 3.8) is 0 Å². The highest BCUT2D eigenvalue weighted by Gasteiger charge is 2.31. The van der Waals surface area contributed by atoms with Gasteiger partial charge in [-0.2, -0.15) is 0 Å². The summed E-state index contributed by atoms with van der Waals surface area (Å²) in [5.74, 6) is 1.49. The third-order valence-corrected chi connectivity index (χ3v) is 6.08. The van der Waals surface area contributed by atoms with E-state index in [-0.39, 0.29) is 17.5 Å². The molecule has 0 spiro atoms. The Balaban J connectivity index is 2.16. The Morgan fingerprint density at radius 3 is 2.89 bits per heavy atom. The molecular weight excluding hydrogens is 399 g/mol. The molecule has 1 aromatic heterocycles. The zero-order valence-corrected chi connectivity index (χ0v) is 13.7. The molecule has 0 saturated carbocycles. The van der Waals surface area contributed by atoms with Crippen LogP contribution in [-0.2, 0) is 15.7 Å². The first kappa shape index (κ1) is 13.6. The van der Waals surface area contributed by atoms with Crippen molar-refractivity contribution in [2.45, 2.75) is 18.3 Å². The maximum Gasteiger partial charge on any atom is 0.152 e. The second kappa shape index (κ2) is 4.89. The minimum Gasteiger partial charge on any atom is -0.323 e. The van der Waals surface area contributed by atoms with Crippen molar-refractivity contribution in [3.05, 3.63) is 27.6 Å². The maximum absolute atomic E-state index is 11.7. The zero-order valence-electron chi connectivity index (χ0n) is 10.0. The van der Waals surface area contributed by atoms with E-state index in [2.05, 4.69) is 27.6 Å². The van der Waals surface area contributed by atoms with Crippen LogP contribution in [-0.4, -0.2) is 29.5 Å². The van der Waals surface area contributed by atoms with E-state index in [4.69, 9.17) is 11.6 Å². The molecule has 1 unspecified atom stereocenters. The zero-order chi connectivity index (χ0) is 13.6. The third kappa shape index (κ3) is 2.50. The molecule has 102 valence electrons. The van der Waals surface area contributed by atoms with E-state index in [1.807, 2.05) is 22.8 Å². The van der Waals surface area contributed by atoms with Crippen LogP contribution in [0, 0.1) is 3.57 Å². The summed E-state index contributed by atoms with van der Waals surface area (Å²) in [6, 6.07) is 5.95. The van der Waals surface area contributed by atoms with Gasteiger partial charge in [0, 0.05) is 3.57 Å². The molecule has 1 aromatic carbocycles. The second-order valence-corrected chi connectivity index (χ2v) is 8.46. The summed E-state index contributed by atoms with van der Waals surface area (Å²) in [6.45, 7) is 0. The molecule has 0 N–H and O–H groups in total. The van der Waals surface area contributed by atoms with Crippen molar-refractivity contribution in [1.29, 1.82) is 0 Å². The minimum atomic E-state index is -2.92. The van der Waals surface area contributed by atoms with Gasteiger partial charge in [0.15, 0.2) is 9.84 Å². The molecule has 1 saturated heterocycles. The molecule has 1 fully saturated rings. The van der Waals surface area contributed by atoms with Gasteiger partial charge in [0.25, 0.3) is 0 Å². The van der Waals surface area contributed by atoms with Crippen molar-refractivity contribution in [2.24, 2.45) is 0 Å². The monoisotopic (exact) mass is 410 g/mol. The molecule has 0 radical (unpaired) electrons.